The van der Waals surface area contributed by atoms with E-state index in [0.29, 0.717) is 21.3 Å². The van der Waals surface area contributed by atoms with E-state index in [2.05, 4.69) is 4.98 Å². The molecule has 0 aliphatic rings. The zero-order valence-corrected chi connectivity index (χ0v) is 11.3. The van der Waals surface area contributed by atoms with Gasteiger partial charge < -0.3 is 4.74 Å². The largest absolute Gasteiger partial charge is 0.476 e. The summed E-state index contributed by atoms with van der Waals surface area (Å²) in [6.45, 7) is 0. The van der Waals surface area contributed by atoms with Crippen LogP contribution >= 0.6 is 23.2 Å². The molecule has 19 heavy (non-hydrogen) atoms. The molecule has 0 amide bonds. The van der Waals surface area contributed by atoms with Crippen LogP contribution in [-0.4, -0.2) is 17.0 Å². The third kappa shape index (κ3) is 2.77. The molecule has 2 aromatic rings. The molecule has 1 aromatic heterocycles. The molecule has 0 aliphatic heterocycles. The highest BCUT2D eigenvalue weighted by molar-refractivity contribution is 6.35. The highest BCUT2D eigenvalue weighted by atomic mass is 35.5. The van der Waals surface area contributed by atoms with Crippen molar-refractivity contribution in [1.82, 2.24) is 4.98 Å². The monoisotopic (exact) mass is 298 g/mol. The highest BCUT2D eigenvalue weighted by Crippen LogP contribution is 2.33. The number of pyridine rings is 1. The minimum absolute atomic E-state index is 0.0708. The number of hydrogen-bond acceptors (Lipinski definition) is 4. The summed E-state index contributed by atoms with van der Waals surface area (Å²) in [7, 11) is 1.32. The topological polar surface area (TPSA) is 65.3 Å². The van der Waals surface area contributed by atoms with Crippen molar-refractivity contribution in [2.75, 3.05) is 7.11 Å². The molecule has 0 aliphatic carbocycles. The first-order chi connectivity index (χ1) is 9.02. The second-order valence-corrected chi connectivity index (χ2v) is 4.45. The molecule has 0 saturated heterocycles. The SMILES string of the molecule is COc1nc(-c2cc(Cl)ccc2Cl)ccc1[N+](=O)[O-]. The number of halogens is 2. The summed E-state index contributed by atoms with van der Waals surface area (Å²) >= 11 is 12.0. The van der Waals surface area contributed by atoms with Crippen molar-refractivity contribution in [3.05, 3.63) is 50.5 Å². The average molecular weight is 299 g/mol. The first kappa shape index (κ1) is 13.6. The summed E-state index contributed by atoms with van der Waals surface area (Å²) in [5, 5.41) is 11.7. The normalized spacial score (nSPS) is 10.3. The number of rotatable bonds is 3. The first-order valence-electron chi connectivity index (χ1n) is 5.18. The van der Waals surface area contributed by atoms with E-state index in [4.69, 9.17) is 27.9 Å². The number of benzene rings is 1. The lowest BCUT2D eigenvalue weighted by Gasteiger charge is -2.06. The smallest absolute Gasteiger partial charge is 0.330 e. The fourth-order valence-corrected chi connectivity index (χ4v) is 1.95. The summed E-state index contributed by atoms with van der Waals surface area (Å²) in [5.41, 5.74) is 0.835. The van der Waals surface area contributed by atoms with Crippen LogP contribution in [0.25, 0.3) is 11.3 Å². The van der Waals surface area contributed by atoms with Crippen molar-refractivity contribution in [3.63, 3.8) is 0 Å². The predicted molar refractivity (Wildman–Crippen MR) is 72.9 cm³/mol. The van der Waals surface area contributed by atoms with Gasteiger partial charge in [0.15, 0.2) is 0 Å². The van der Waals surface area contributed by atoms with Gasteiger partial charge in [0, 0.05) is 16.7 Å². The zero-order chi connectivity index (χ0) is 14.0. The van der Waals surface area contributed by atoms with Crippen molar-refractivity contribution in [2.24, 2.45) is 0 Å². The Morgan fingerprint density at radius 3 is 2.63 bits per heavy atom. The molecular weight excluding hydrogens is 291 g/mol. The number of aromatic nitrogens is 1. The van der Waals surface area contributed by atoms with Gasteiger partial charge in [-0.25, -0.2) is 4.98 Å². The summed E-state index contributed by atoms with van der Waals surface area (Å²) in [6, 6.07) is 7.74. The van der Waals surface area contributed by atoms with Gasteiger partial charge in [-0.05, 0) is 24.3 Å². The minimum atomic E-state index is -0.560. The van der Waals surface area contributed by atoms with Crippen LogP contribution in [-0.2, 0) is 0 Å². The van der Waals surface area contributed by atoms with E-state index >= 15 is 0 Å². The molecule has 0 bridgehead atoms. The predicted octanol–water partition coefficient (Wildman–Crippen LogP) is 3.97. The molecule has 2 rings (SSSR count). The van der Waals surface area contributed by atoms with E-state index in [0.717, 1.165) is 0 Å². The van der Waals surface area contributed by atoms with Crippen LogP contribution in [0.2, 0.25) is 10.0 Å². The zero-order valence-electron chi connectivity index (χ0n) is 9.76. The van der Waals surface area contributed by atoms with Gasteiger partial charge in [0.05, 0.1) is 22.7 Å². The van der Waals surface area contributed by atoms with Gasteiger partial charge in [-0.3, -0.25) is 10.1 Å². The molecule has 1 heterocycles. The molecule has 0 radical (unpaired) electrons. The maximum absolute atomic E-state index is 10.8. The molecular formula is C12H8Cl2N2O3. The van der Waals surface area contributed by atoms with Crippen LogP contribution < -0.4 is 4.74 Å². The molecule has 7 heteroatoms. The van der Waals surface area contributed by atoms with Crippen LogP contribution in [0.3, 0.4) is 0 Å². The Balaban J connectivity index is 2.57. The van der Waals surface area contributed by atoms with Crippen LogP contribution in [0.5, 0.6) is 5.88 Å². The lowest BCUT2D eigenvalue weighted by atomic mass is 10.1. The Labute approximate surface area is 118 Å². The second-order valence-electron chi connectivity index (χ2n) is 3.61. The quantitative estimate of drug-likeness (QED) is 0.635. The molecule has 5 nitrogen and oxygen atoms in total. The highest BCUT2D eigenvalue weighted by Gasteiger charge is 2.18. The first-order valence-corrected chi connectivity index (χ1v) is 5.93. The third-order valence-corrected chi connectivity index (χ3v) is 3.00. The summed E-state index contributed by atoms with van der Waals surface area (Å²) in [5.74, 6) is -0.0708. The van der Waals surface area contributed by atoms with Crippen molar-refractivity contribution in [3.8, 4) is 17.1 Å². The van der Waals surface area contributed by atoms with E-state index in [-0.39, 0.29) is 11.6 Å². The van der Waals surface area contributed by atoms with Gasteiger partial charge in [-0.1, -0.05) is 23.2 Å². The maximum Gasteiger partial charge on any atom is 0.330 e. The lowest BCUT2D eigenvalue weighted by molar-refractivity contribution is -0.386. The number of hydrogen-bond donors (Lipinski definition) is 0. The number of ether oxygens (including phenoxy) is 1. The van der Waals surface area contributed by atoms with Crippen LogP contribution in [0, 0.1) is 10.1 Å². The van der Waals surface area contributed by atoms with Crippen LogP contribution in [0.1, 0.15) is 0 Å². The summed E-state index contributed by atoms with van der Waals surface area (Å²) < 4.78 is 4.91. The van der Waals surface area contributed by atoms with Gasteiger partial charge in [0.2, 0.25) is 0 Å². The summed E-state index contributed by atoms with van der Waals surface area (Å²) in [6.07, 6.45) is 0. The van der Waals surface area contributed by atoms with Crippen molar-refractivity contribution >= 4 is 28.9 Å². The van der Waals surface area contributed by atoms with Gasteiger partial charge >= 0.3 is 5.69 Å². The fourth-order valence-electron chi connectivity index (χ4n) is 1.57. The van der Waals surface area contributed by atoms with Gasteiger partial charge in [-0.2, -0.15) is 0 Å². The Kier molecular flexibility index (Phi) is 3.87. The number of nitrogens with zero attached hydrogens (tertiary/aromatic N) is 2. The number of methoxy groups -OCH3 is 1. The van der Waals surface area contributed by atoms with Crippen LogP contribution in [0.4, 0.5) is 5.69 Å². The lowest BCUT2D eigenvalue weighted by Crippen LogP contribution is -1.97. The van der Waals surface area contributed by atoms with Gasteiger partial charge in [0.25, 0.3) is 5.88 Å². The maximum atomic E-state index is 10.8. The average Bonchev–Trinajstić information content (AvgIpc) is 2.40. The molecule has 0 atom stereocenters. The second kappa shape index (κ2) is 5.42. The van der Waals surface area contributed by atoms with Gasteiger partial charge in [-0.15, -0.1) is 0 Å². The standard InChI is InChI=1S/C12H8Cl2N2O3/c1-19-12-11(16(17)18)5-4-10(15-12)8-6-7(13)2-3-9(8)14/h2-6H,1H3. The Bertz CT molecular complexity index is 647. The Morgan fingerprint density at radius 2 is 2.00 bits per heavy atom. The van der Waals surface area contributed by atoms with E-state index in [1.165, 1.54) is 19.2 Å². The molecule has 0 saturated carbocycles. The molecule has 0 fully saturated rings. The van der Waals surface area contributed by atoms with E-state index in [1.807, 2.05) is 0 Å². The summed E-state index contributed by atoms with van der Waals surface area (Å²) in [4.78, 5) is 14.3. The van der Waals surface area contributed by atoms with E-state index in [1.54, 1.807) is 18.2 Å². The van der Waals surface area contributed by atoms with Crippen molar-refractivity contribution in [1.29, 1.82) is 0 Å². The molecule has 1 aromatic carbocycles. The van der Waals surface area contributed by atoms with Crippen molar-refractivity contribution < 1.29 is 9.66 Å². The number of nitro groups is 1. The van der Waals surface area contributed by atoms with Crippen LogP contribution in [0.15, 0.2) is 30.3 Å². The van der Waals surface area contributed by atoms with Gasteiger partial charge in [0.1, 0.15) is 0 Å². The molecule has 0 spiro atoms. The van der Waals surface area contributed by atoms with E-state index < -0.39 is 4.92 Å². The third-order valence-electron chi connectivity index (χ3n) is 2.43. The Morgan fingerprint density at radius 1 is 1.26 bits per heavy atom. The fraction of sp³-hybridized carbons (Fsp3) is 0.0833. The molecule has 0 N–H and O–H groups in total. The van der Waals surface area contributed by atoms with Crippen molar-refractivity contribution in [2.45, 2.75) is 0 Å². The van der Waals surface area contributed by atoms with E-state index in [9.17, 15) is 10.1 Å². The molecule has 0 unspecified atom stereocenters. The molecule has 98 valence electrons. The Hall–Kier alpha value is -1.85. The minimum Gasteiger partial charge on any atom is -0.476 e.